The molecule has 0 fully saturated rings. The fourth-order valence-electron chi connectivity index (χ4n) is 2.45. The number of nitrogens with one attached hydrogen (secondary N) is 1. The van der Waals surface area contributed by atoms with Crippen LogP contribution in [-0.4, -0.2) is 44.1 Å². The van der Waals surface area contributed by atoms with Crippen molar-refractivity contribution in [3.63, 3.8) is 0 Å². The number of hydrogen-bond acceptors (Lipinski definition) is 5. The van der Waals surface area contributed by atoms with Gasteiger partial charge in [-0.3, -0.25) is 10.1 Å². The highest BCUT2D eigenvalue weighted by atomic mass is 16.6. The minimum absolute atomic E-state index is 0.00403. The summed E-state index contributed by atoms with van der Waals surface area (Å²) in [5.41, 5.74) is 1.02. The van der Waals surface area contributed by atoms with Crippen LogP contribution in [0.15, 0.2) is 18.2 Å². The number of rotatable bonds is 8. The van der Waals surface area contributed by atoms with Crippen LogP contribution in [0.3, 0.4) is 0 Å². The van der Waals surface area contributed by atoms with Crippen LogP contribution in [0.2, 0.25) is 0 Å². The standard InChI is InChI=1S/C15H25N3O3/c1-15(2,11-17(3)4)10-16-9-12-6-7-14(21-5)13(8-12)18(19)20/h6-8,16H,9-11H2,1-5H3. The molecule has 1 rings (SSSR count). The molecule has 0 saturated heterocycles. The molecule has 1 aromatic carbocycles. The average Bonchev–Trinajstić information content (AvgIpc) is 2.36. The van der Waals surface area contributed by atoms with E-state index in [1.807, 2.05) is 6.07 Å². The van der Waals surface area contributed by atoms with E-state index in [-0.39, 0.29) is 16.9 Å². The van der Waals surface area contributed by atoms with Gasteiger partial charge >= 0.3 is 5.69 Å². The van der Waals surface area contributed by atoms with Crippen LogP contribution in [0.4, 0.5) is 5.69 Å². The lowest BCUT2D eigenvalue weighted by atomic mass is 9.93. The Morgan fingerprint density at radius 2 is 2.05 bits per heavy atom. The van der Waals surface area contributed by atoms with Crippen LogP contribution in [0.5, 0.6) is 5.75 Å². The first kappa shape index (κ1) is 17.4. The highest BCUT2D eigenvalue weighted by Gasteiger charge is 2.19. The van der Waals surface area contributed by atoms with E-state index in [0.29, 0.717) is 6.54 Å². The zero-order valence-corrected chi connectivity index (χ0v) is 13.5. The van der Waals surface area contributed by atoms with E-state index in [2.05, 4.69) is 38.2 Å². The van der Waals surface area contributed by atoms with Gasteiger partial charge in [-0.15, -0.1) is 0 Å². The quantitative estimate of drug-likeness (QED) is 0.588. The Morgan fingerprint density at radius 1 is 1.38 bits per heavy atom. The molecule has 0 unspecified atom stereocenters. The van der Waals surface area contributed by atoms with Crippen molar-refractivity contribution in [2.45, 2.75) is 20.4 Å². The predicted octanol–water partition coefficient (Wildman–Crippen LogP) is 2.28. The molecule has 0 aliphatic heterocycles. The molecule has 0 amide bonds. The van der Waals surface area contributed by atoms with Gasteiger partial charge in [-0.2, -0.15) is 0 Å². The molecule has 1 aromatic rings. The molecule has 0 spiro atoms. The van der Waals surface area contributed by atoms with Crippen molar-refractivity contribution in [1.82, 2.24) is 10.2 Å². The summed E-state index contributed by atoms with van der Waals surface area (Å²) in [5, 5.41) is 14.3. The number of nitro benzene ring substituents is 1. The zero-order valence-electron chi connectivity index (χ0n) is 13.5. The monoisotopic (exact) mass is 295 g/mol. The summed E-state index contributed by atoms with van der Waals surface area (Å²) in [7, 11) is 5.53. The molecule has 0 aromatic heterocycles. The zero-order chi connectivity index (χ0) is 16.0. The molecule has 0 saturated carbocycles. The highest BCUT2D eigenvalue weighted by molar-refractivity contribution is 5.48. The minimum Gasteiger partial charge on any atom is -0.490 e. The molecular formula is C15H25N3O3. The number of nitro groups is 1. The van der Waals surface area contributed by atoms with Gasteiger partial charge in [-0.25, -0.2) is 0 Å². The largest absolute Gasteiger partial charge is 0.490 e. The summed E-state index contributed by atoms with van der Waals surface area (Å²) >= 11 is 0. The van der Waals surface area contributed by atoms with Crippen molar-refractivity contribution in [2.24, 2.45) is 5.41 Å². The molecule has 6 nitrogen and oxygen atoms in total. The first-order valence-electron chi connectivity index (χ1n) is 6.92. The van der Waals surface area contributed by atoms with Crippen LogP contribution in [0.25, 0.3) is 0 Å². The Balaban J connectivity index is 2.64. The van der Waals surface area contributed by atoms with Crippen LogP contribution in [0, 0.1) is 15.5 Å². The van der Waals surface area contributed by atoms with Crippen molar-refractivity contribution in [2.75, 3.05) is 34.3 Å². The second-order valence-electron chi connectivity index (χ2n) is 6.27. The summed E-state index contributed by atoms with van der Waals surface area (Å²) in [5.74, 6) is 0.289. The fraction of sp³-hybridized carbons (Fsp3) is 0.600. The number of benzene rings is 1. The molecule has 21 heavy (non-hydrogen) atoms. The van der Waals surface area contributed by atoms with Gasteiger partial charge in [0.05, 0.1) is 12.0 Å². The third kappa shape index (κ3) is 5.69. The second kappa shape index (κ2) is 7.38. The summed E-state index contributed by atoms with van der Waals surface area (Å²) in [6.45, 7) is 6.79. The Labute approximate surface area is 126 Å². The summed E-state index contributed by atoms with van der Waals surface area (Å²) in [6.07, 6.45) is 0. The Kier molecular flexibility index (Phi) is 6.11. The van der Waals surface area contributed by atoms with E-state index in [4.69, 9.17) is 4.74 Å². The summed E-state index contributed by atoms with van der Waals surface area (Å²) in [6, 6.07) is 5.04. The Bertz CT molecular complexity index is 487. The number of hydrogen-bond donors (Lipinski definition) is 1. The van der Waals surface area contributed by atoms with E-state index in [0.717, 1.165) is 18.7 Å². The SMILES string of the molecule is COc1ccc(CNCC(C)(C)CN(C)C)cc1[N+](=O)[O-]. The second-order valence-corrected chi connectivity index (χ2v) is 6.27. The Morgan fingerprint density at radius 3 is 2.57 bits per heavy atom. The van der Waals surface area contributed by atoms with Gasteiger partial charge in [0.15, 0.2) is 5.75 Å². The molecule has 0 radical (unpaired) electrons. The van der Waals surface area contributed by atoms with Crippen molar-refractivity contribution in [1.29, 1.82) is 0 Å². The number of ether oxygens (including phenoxy) is 1. The topological polar surface area (TPSA) is 67.6 Å². The van der Waals surface area contributed by atoms with Gasteiger partial charge in [0.25, 0.3) is 0 Å². The van der Waals surface area contributed by atoms with E-state index < -0.39 is 4.92 Å². The molecule has 0 heterocycles. The highest BCUT2D eigenvalue weighted by Crippen LogP contribution is 2.27. The van der Waals surface area contributed by atoms with Crippen molar-refractivity contribution in [3.05, 3.63) is 33.9 Å². The van der Waals surface area contributed by atoms with Crippen molar-refractivity contribution >= 4 is 5.69 Å². The molecule has 6 heteroatoms. The summed E-state index contributed by atoms with van der Waals surface area (Å²) in [4.78, 5) is 12.7. The smallest absolute Gasteiger partial charge is 0.311 e. The normalized spacial score (nSPS) is 11.7. The van der Waals surface area contributed by atoms with Crippen LogP contribution >= 0.6 is 0 Å². The van der Waals surface area contributed by atoms with Crippen molar-refractivity contribution in [3.8, 4) is 5.75 Å². The molecular weight excluding hydrogens is 270 g/mol. The van der Waals surface area contributed by atoms with Gasteiger partial charge in [0, 0.05) is 25.7 Å². The van der Waals surface area contributed by atoms with Crippen molar-refractivity contribution < 1.29 is 9.66 Å². The lowest BCUT2D eigenvalue weighted by Gasteiger charge is -2.28. The molecule has 0 bridgehead atoms. The van der Waals surface area contributed by atoms with E-state index in [1.165, 1.54) is 7.11 Å². The van der Waals surface area contributed by atoms with E-state index in [1.54, 1.807) is 12.1 Å². The lowest BCUT2D eigenvalue weighted by molar-refractivity contribution is -0.385. The van der Waals surface area contributed by atoms with Gasteiger partial charge in [-0.1, -0.05) is 19.9 Å². The first-order chi connectivity index (χ1) is 9.75. The van der Waals surface area contributed by atoms with Crippen LogP contribution in [0.1, 0.15) is 19.4 Å². The first-order valence-corrected chi connectivity index (χ1v) is 6.92. The number of nitrogens with zero attached hydrogens (tertiary/aromatic N) is 2. The van der Waals surface area contributed by atoms with Crippen LogP contribution in [-0.2, 0) is 6.54 Å². The molecule has 0 aliphatic rings. The number of methoxy groups -OCH3 is 1. The van der Waals surface area contributed by atoms with Gasteiger partial charge in [0.2, 0.25) is 0 Å². The third-order valence-corrected chi connectivity index (χ3v) is 3.12. The maximum atomic E-state index is 11.0. The van der Waals surface area contributed by atoms with Crippen LogP contribution < -0.4 is 10.1 Å². The average molecular weight is 295 g/mol. The van der Waals surface area contributed by atoms with E-state index in [9.17, 15) is 10.1 Å². The fourth-order valence-corrected chi connectivity index (χ4v) is 2.45. The minimum atomic E-state index is -0.418. The molecule has 118 valence electrons. The molecule has 1 N–H and O–H groups in total. The van der Waals surface area contributed by atoms with Gasteiger partial charge in [0.1, 0.15) is 0 Å². The summed E-state index contributed by atoms with van der Waals surface area (Å²) < 4.78 is 5.00. The Hall–Kier alpha value is -1.66. The van der Waals surface area contributed by atoms with Gasteiger partial charge < -0.3 is 15.0 Å². The third-order valence-electron chi connectivity index (χ3n) is 3.12. The molecule has 0 aliphatic carbocycles. The maximum absolute atomic E-state index is 11.0. The van der Waals surface area contributed by atoms with Gasteiger partial charge in [-0.05, 0) is 31.1 Å². The lowest BCUT2D eigenvalue weighted by Crippen LogP contribution is -2.37. The molecule has 0 atom stereocenters. The predicted molar refractivity (Wildman–Crippen MR) is 83.7 cm³/mol. The van der Waals surface area contributed by atoms with E-state index >= 15 is 0 Å². The maximum Gasteiger partial charge on any atom is 0.311 e.